The van der Waals surface area contributed by atoms with Crippen LogP contribution >= 0.6 is 23.4 Å². The van der Waals surface area contributed by atoms with Crippen molar-refractivity contribution in [3.8, 4) is 0 Å². The zero-order valence-corrected chi connectivity index (χ0v) is 17.5. The van der Waals surface area contributed by atoms with Crippen molar-refractivity contribution >= 4 is 56.4 Å². The van der Waals surface area contributed by atoms with Gasteiger partial charge in [0.2, 0.25) is 11.8 Å². The number of rotatable bonds is 5. The maximum Gasteiger partial charge on any atom is 0.228 e. The first kappa shape index (κ1) is 20.7. The van der Waals surface area contributed by atoms with Crippen LogP contribution in [-0.4, -0.2) is 31.7 Å². The number of hydrogen-bond acceptors (Lipinski definition) is 5. The molecule has 6 nitrogen and oxygen atoms in total. The molecule has 2 aromatic carbocycles. The number of amides is 2. The van der Waals surface area contributed by atoms with Crippen LogP contribution < -0.4 is 10.6 Å². The topological polar surface area (TPSA) is 92.3 Å². The van der Waals surface area contributed by atoms with Crippen molar-refractivity contribution < 1.29 is 18.0 Å². The van der Waals surface area contributed by atoms with E-state index in [-0.39, 0.29) is 28.9 Å². The highest BCUT2D eigenvalue weighted by Crippen LogP contribution is 2.34. The maximum absolute atomic E-state index is 12.6. The highest BCUT2D eigenvalue weighted by Gasteiger charge is 2.23. The summed E-state index contributed by atoms with van der Waals surface area (Å²) in [5.74, 6) is -0.395. The molecule has 0 saturated carbocycles. The van der Waals surface area contributed by atoms with Gasteiger partial charge >= 0.3 is 0 Å². The molecule has 1 heterocycles. The maximum atomic E-state index is 12.6. The van der Waals surface area contributed by atoms with Gasteiger partial charge in [-0.25, -0.2) is 8.42 Å². The zero-order valence-electron chi connectivity index (χ0n) is 15.1. The fourth-order valence-corrected chi connectivity index (χ4v) is 4.97. The van der Waals surface area contributed by atoms with Gasteiger partial charge in [0.05, 0.1) is 16.3 Å². The Morgan fingerprint density at radius 1 is 1.25 bits per heavy atom. The lowest BCUT2D eigenvalue weighted by Crippen LogP contribution is -2.20. The lowest BCUT2D eigenvalue weighted by molar-refractivity contribution is -0.118. The molecule has 1 aliphatic heterocycles. The number of thioether (sulfide) groups is 1. The van der Waals surface area contributed by atoms with Crippen LogP contribution in [0.5, 0.6) is 0 Å². The molecule has 2 aromatic rings. The third-order valence-corrected chi connectivity index (χ3v) is 7.53. The van der Waals surface area contributed by atoms with Gasteiger partial charge in [-0.3, -0.25) is 9.59 Å². The predicted molar refractivity (Wildman–Crippen MR) is 112 cm³/mol. The van der Waals surface area contributed by atoms with Crippen molar-refractivity contribution in [3.63, 3.8) is 0 Å². The SMILES string of the molecule is C[C@H]1CSc2ccc(S(=O)(=O)CCC(=O)Nc3ccc(Cl)cc3)cc2NC1=O. The Balaban J connectivity index is 1.67. The normalized spacial score (nSPS) is 16.6. The second kappa shape index (κ2) is 8.55. The molecule has 0 aliphatic carbocycles. The number of halogens is 1. The number of sulfone groups is 1. The second-order valence-electron chi connectivity index (χ2n) is 6.48. The minimum Gasteiger partial charge on any atom is -0.326 e. The predicted octanol–water partition coefficient (Wildman–Crippen LogP) is 3.82. The Labute approximate surface area is 173 Å². The molecule has 2 N–H and O–H groups in total. The van der Waals surface area contributed by atoms with E-state index in [2.05, 4.69) is 10.6 Å². The summed E-state index contributed by atoms with van der Waals surface area (Å²) in [6.45, 7) is 1.82. The number of nitrogens with one attached hydrogen (secondary N) is 2. The fourth-order valence-electron chi connectivity index (χ4n) is 2.57. The van der Waals surface area contributed by atoms with Crippen LogP contribution in [0, 0.1) is 5.92 Å². The van der Waals surface area contributed by atoms with Crippen molar-refractivity contribution in [2.75, 3.05) is 22.1 Å². The summed E-state index contributed by atoms with van der Waals surface area (Å²) >= 11 is 7.30. The summed E-state index contributed by atoms with van der Waals surface area (Å²) in [6, 6.07) is 11.2. The van der Waals surface area contributed by atoms with Crippen LogP contribution in [0.1, 0.15) is 13.3 Å². The first-order chi connectivity index (χ1) is 13.2. The van der Waals surface area contributed by atoms with E-state index in [9.17, 15) is 18.0 Å². The van der Waals surface area contributed by atoms with E-state index in [1.54, 1.807) is 30.3 Å². The molecule has 0 bridgehead atoms. The molecule has 9 heteroatoms. The van der Waals surface area contributed by atoms with E-state index in [0.29, 0.717) is 22.2 Å². The molecular weight excluding hydrogens is 420 g/mol. The molecule has 0 radical (unpaired) electrons. The van der Waals surface area contributed by atoms with Crippen LogP contribution in [0.3, 0.4) is 0 Å². The number of carbonyl (C=O) groups is 2. The highest BCUT2D eigenvalue weighted by molar-refractivity contribution is 7.99. The van der Waals surface area contributed by atoms with Crippen molar-refractivity contribution in [2.45, 2.75) is 23.1 Å². The van der Waals surface area contributed by atoms with Crippen LogP contribution in [0.25, 0.3) is 0 Å². The fraction of sp³-hybridized carbons (Fsp3) is 0.263. The summed E-state index contributed by atoms with van der Waals surface area (Å²) in [5.41, 5.74) is 1.04. The molecule has 2 amide bonds. The van der Waals surface area contributed by atoms with Gasteiger partial charge in [0, 0.05) is 33.7 Å². The molecule has 1 aliphatic rings. The first-order valence-corrected chi connectivity index (χ1v) is 11.6. The largest absolute Gasteiger partial charge is 0.326 e. The van der Waals surface area contributed by atoms with Gasteiger partial charge in [-0.05, 0) is 42.5 Å². The average Bonchev–Trinajstić information content (AvgIpc) is 2.80. The summed E-state index contributed by atoms with van der Waals surface area (Å²) in [4.78, 5) is 25.0. The zero-order chi connectivity index (χ0) is 20.3. The number of benzene rings is 2. The smallest absolute Gasteiger partial charge is 0.228 e. The Morgan fingerprint density at radius 3 is 2.68 bits per heavy atom. The lowest BCUT2D eigenvalue weighted by atomic mass is 10.2. The molecule has 3 rings (SSSR count). The van der Waals surface area contributed by atoms with Gasteiger partial charge < -0.3 is 10.6 Å². The van der Waals surface area contributed by atoms with E-state index in [1.807, 2.05) is 6.92 Å². The number of hydrogen-bond donors (Lipinski definition) is 2. The van der Waals surface area contributed by atoms with Gasteiger partial charge in [0.25, 0.3) is 0 Å². The van der Waals surface area contributed by atoms with E-state index in [0.717, 1.165) is 4.90 Å². The molecule has 0 aromatic heterocycles. The standard InChI is InChI=1S/C19H19ClN2O4S2/c1-12-11-27-17-7-6-15(10-16(17)22-19(12)24)28(25,26)9-8-18(23)21-14-4-2-13(20)3-5-14/h2-7,10,12H,8-9,11H2,1H3,(H,21,23)(H,22,24)/t12-/m0/s1. The third kappa shape index (κ3) is 5.06. The minimum absolute atomic E-state index is 0.0843. The van der Waals surface area contributed by atoms with Crippen LogP contribution in [0.2, 0.25) is 5.02 Å². The summed E-state index contributed by atoms with van der Waals surface area (Å²) in [7, 11) is -3.67. The minimum atomic E-state index is -3.67. The Morgan fingerprint density at radius 2 is 1.96 bits per heavy atom. The van der Waals surface area contributed by atoms with E-state index >= 15 is 0 Å². The summed E-state index contributed by atoms with van der Waals surface area (Å²) in [6.07, 6.45) is -0.180. The Hall–Kier alpha value is -2.03. The van der Waals surface area contributed by atoms with Gasteiger partial charge in [-0.15, -0.1) is 11.8 Å². The molecule has 0 unspecified atom stereocenters. The van der Waals surface area contributed by atoms with Crippen molar-refractivity contribution in [1.82, 2.24) is 0 Å². The molecule has 28 heavy (non-hydrogen) atoms. The van der Waals surface area contributed by atoms with Gasteiger partial charge in [-0.2, -0.15) is 0 Å². The number of anilines is 2. The molecule has 1 atom stereocenters. The average molecular weight is 439 g/mol. The number of fused-ring (bicyclic) bond motifs is 1. The molecule has 0 saturated heterocycles. The molecule has 0 fully saturated rings. The molecular formula is C19H19ClN2O4S2. The van der Waals surface area contributed by atoms with E-state index < -0.39 is 15.7 Å². The Bertz CT molecular complexity index is 1010. The monoisotopic (exact) mass is 438 g/mol. The van der Waals surface area contributed by atoms with Gasteiger partial charge in [0.1, 0.15) is 0 Å². The Kier molecular flexibility index (Phi) is 6.32. The molecule has 0 spiro atoms. The summed E-state index contributed by atoms with van der Waals surface area (Å²) < 4.78 is 25.3. The quantitative estimate of drug-likeness (QED) is 0.740. The second-order valence-corrected chi connectivity index (χ2v) is 10.1. The van der Waals surface area contributed by atoms with Gasteiger partial charge in [-0.1, -0.05) is 18.5 Å². The van der Waals surface area contributed by atoms with Crippen molar-refractivity contribution in [3.05, 3.63) is 47.5 Å². The van der Waals surface area contributed by atoms with Crippen LogP contribution in [0.4, 0.5) is 11.4 Å². The van der Waals surface area contributed by atoms with E-state index in [4.69, 9.17) is 11.6 Å². The lowest BCUT2D eigenvalue weighted by Gasteiger charge is -2.10. The van der Waals surface area contributed by atoms with Crippen molar-refractivity contribution in [2.24, 2.45) is 5.92 Å². The van der Waals surface area contributed by atoms with Crippen molar-refractivity contribution in [1.29, 1.82) is 0 Å². The third-order valence-electron chi connectivity index (χ3n) is 4.23. The summed E-state index contributed by atoms with van der Waals surface area (Å²) in [5, 5.41) is 5.96. The molecule has 148 valence electrons. The van der Waals surface area contributed by atoms with E-state index in [1.165, 1.54) is 23.9 Å². The van der Waals surface area contributed by atoms with Crippen LogP contribution in [-0.2, 0) is 19.4 Å². The van der Waals surface area contributed by atoms with Crippen LogP contribution in [0.15, 0.2) is 52.3 Å². The highest BCUT2D eigenvalue weighted by atomic mass is 35.5. The first-order valence-electron chi connectivity index (χ1n) is 8.60. The van der Waals surface area contributed by atoms with Gasteiger partial charge in [0.15, 0.2) is 9.84 Å². The number of carbonyl (C=O) groups excluding carboxylic acids is 2.